The Labute approximate surface area is 158 Å². The molecule has 4 nitrogen and oxygen atoms in total. The Morgan fingerprint density at radius 2 is 1.96 bits per heavy atom. The summed E-state index contributed by atoms with van der Waals surface area (Å²) in [5, 5.41) is 0. The Bertz CT molecular complexity index is 1470. The van der Waals surface area contributed by atoms with Gasteiger partial charge in [0.2, 0.25) is 5.91 Å². The van der Waals surface area contributed by atoms with E-state index >= 15 is 0 Å². The second-order valence-corrected chi connectivity index (χ2v) is 4.68. The fraction of sp³-hybridized carbons (Fsp3) is 0.263. The number of carbonyl (C=O) groups excluding carboxylic acids is 1. The van der Waals surface area contributed by atoms with Gasteiger partial charge in [0, 0.05) is 38.1 Å². The highest BCUT2D eigenvalue weighted by Crippen LogP contribution is 2.26. The van der Waals surface area contributed by atoms with E-state index in [1.807, 2.05) is 0 Å². The first-order valence-electron chi connectivity index (χ1n) is 14.4. The van der Waals surface area contributed by atoms with Crippen LogP contribution in [0.3, 0.4) is 0 Å². The SMILES string of the molecule is [2H]c1c([2H])c(C([2H])([2H])[2H])c([2H])c([2H])c1-c1nc2c([2H])c([2H])c(C([2H])([2H])[2H])c([2H])n2c1CC(=O)N(C)C([2H])([2H])[2H]. The minimum absolute atomic E-state index is 0.373. The summed E-state index contributed by atoms with van der Waals surface area (Å²) in [6.45, 7) is -9.01. The predicted octanol–water partition coefficient (Wildman–Crippen LogP) is 3.25. The average molecular weight is 323 g/mol. The molecule has 2 aromatic heterocycles. The van der Waals surface area contributed by atoms with Crippen molar-refractivity contribution >= 4 is 11.6 Å². The molecule has 0 N–H and O–H groups in total. The zero-order valence-corrected chi connectivity index (χ0v) is 12.0. The molecule has 23 heavy (non-hydrogen) atoms. The van der Waals surface area contributed by atoms with Crippen LogP contribution in [0.1, 0.15) is 38.8 Å². The van der Waals surface area contributed by atoms with E-state index in [4.69, 9.17) is 21.9 Å². The first kappa shape index (κ1) is 5.20. The molecule has 0 atom stereocenters. The highest BCUT2D eigenvalue weighted by molar-refractivity contribution is 5.81. The number of rotatable bonds is 3. The van der Waals surface area contributed by atoms with Gasteiger partial charge in [-0.15, -0.1) is 0 Å². The molecule has 3 rings (SSSR count). The molecule has 118 valence electrons. The Hall–Kier alpha value is -2.62. The van der Waals surface area contributed by atoms with Crippen LogP contribution in [0.5, 0.6) is 0 Å². The molecular formula is C19H21N3O. The molecule has 0 fully saturated rings. The van der Waals surface area contributed by atoms with E-state index in [2.05, 4.69) is 4.98 Å². The lowest BCUT2D eigenvalue weighted by Crippen LogP contribution is -2.24. The van der Waals surface area contributed by atoms with Crippen molar-refractivity contribution in [3.63, 3.8) is 0 Å². The van der Waals surface area contributed by atoms with Gasteiger partial charge in [-0.1, -0.05) is 35.8 Å². The van der Waals surface area contributed by atoms with Gasteiger partial charge >= 0.3 is 0 Å². The summed E-state index contributed by atoms with van der Waals surface area (Å²) in [6.07, 6.45) is -1.80. The molecule has 0 bridgehead atoms. The summed E-state index contributed by atoms with van der Waals surface area (Å²) in [5.74, 6) is -1.09. The summed E-state index contributed by atoms with van der Waals surface area (Å²) < 4.78 is 127. The van der Waals surface area contributed by atoms with E-state index in [1.165, 1.54) is 0 Å². The zero-order valence-electron chi connectivity index (χ0n) is 28.0. The van der Waals surface area contributed by atoms with Crippen LogP contribution in [0.4, 0.5) is 0 Å². The number of fused-ring (bicyclic) bond motifs is 1. The number of pyridine rings is 1. The second-order valence-electron chi connectivity index (χ2n) is 4.68. The summed E-state index contributed by atoms with van der Waals surface area (Å²) in [4.78, 5) is 17.4. The van der Waals surface area contributed by atoms with E-state index < -0.39 is 109 Å². The zero-order chi connectivity index (χ0) is 30.2. The molecule has 2 heterocycles. The van der Waals surface area contributed by atoms with E-state index in [9.17, 15) is 4.79 Å². The molecular weight excluding hydrogens is 286 g/mol. The fourth-order valence-electron chi connectivity index (χ4n) is 1.97. The number of carbonyl (C=O) groups is 1. The third kappa shape index (κ3) is 2.97. The number of hydrogen-bond donors (Lipinski definition) is 0. The van der Waals surface area contributed by atoms with Crippen LogP contribution in [0, 0.1) is 13.7 Å². The quantitative estimate of drug-likeness (QED) is 0.742. The molecule has 0 aliphatic heterocycles. The number of aromatic nitrogens is 2. The van der Waals surface area contributed by atoms with E-state index in [1.54, 1.807) is 0 Å². The topological polar surface area (TPSA) is 37.6 Å². The van der Waals surface area contributed by atoms with Crippen LogP contribution >= 0.6 is 0 Å². The number of amides is 1. The van der Waals surface area contributed by atoms with Crippen LogP contribution in [0.25, 0.3) is 16.9 Å². The molecule has 0 spiro atoms. The summed E-state index contributed by atoms with van der Waals surface area (Å²) >= 11 is 0. The van der Waals surface area contributed by atoms with Crippen LogP contribution in [0.15, 0.2) is 42.4 Å². The standard InChI is InChI=1S/C19H21N3O/c1-13-5-8-15(9-6-13)19-16(11-18(23)21(3)4)22-12-14(2)7-10-17(22)20-19/h5-10,12H,11H2,1-4H3/i1D3,2D3,3D3,5D,6D,7D,8D,9D,10D,12D. The average Bonchev–Trinajstić information content (AvgIpc) is 3.12. The maximum Gasteiger partial charge on any atom is 0.228 e. The lowest BCUT2D eigenvalue weighted by molar-refractivity contribution is -0.128. The molecule has 0 saturated carbocycles. The molecule has 1 amide bonds. The third-order valence-electron chi connectivity index (χ3n) is 3.05. The second kappa shape index (κ2) is 5.88. The highest BCUT2D eigenvalue weighted by atomic mass is 16.2. The number of likely N-dealkylation sites (N-methyl/N-ethyl adjacent to an activating group) is 1. The molecule has 1 aromatic carbocycles. The van der Waals surface area contributed by atoms with Crippen molar-refractivity contribution in [2.24, 2.45) is 0 Å². The first-order chi connectivity index (χ1) is 17.5. The normalized spacial score (nSPS) is 22.7. The predicted molar refractivity (Wildman–Crippen MR) is 92.5 cm³/mol. The van der Waals surface area contributed by atoms with Gasteiger partial charge in [-0.2, -0.15) is 0 Å². The van der Waals surface area contributed by atoms with Gasteiger partial charge in [-0.3, -0.25) is 4.79 Å². The highest BCUT2D eigenvalue weighted by Gasteiger charge is 2.18. The number of benzene rings is 1. The van der Waals surface area contributed by atoms with Gasteiger partial charge in [-0.05, 0) is 25.3 Å². The lowest BCUT2D eigenvalue weighted by Gasteiger charge is -2.11. The monoisotopic (exact) mass is 323 g/mol. The Balaban J connectivity index is 2.55. The van der Waals surface area contributed by atoms with Gasteiger partial charge in [-0.25, -0.2) is 4.98 Å². The molecule has 0 aliphatic rings. The van der Waals surface area contributed by atoms with Crippen LogP contribution in [-0.4, -0.2) is 34.2 Å². The van der Waals surface area contributed by atoms with Crippen molar-refractivity contribution in [2.45, 2.75) is 20.1 Å². The first-order valence-corrected chi connectivity index (χ1v) is 6.42. The molecule has 0 radical (unpaired) electrons. The third-order valence-corrected chi connectivity index (χ3v) is 3.05. The Morgan fingerprint density at radius 3 is 2.65 bits per heavy atom. The van der Waals surface area contributed by atoms with Crippen molar-refractivity contribution < 1.29 is 26.7 Å². The number of nitrogens with zero attached hydrogens (tertiary/aromatic N) is 3. The van der Waals surface area contributed by atoms with Crippen LogP contribution in [-0.2, 0) is 11.2 Å². The van der Waals surface area contributed by atoms with Gasteiger partial charge in [0.15, 0.2) is 0 Å². The fourth-order valence-corrected chi connectivity index (χ4v) is 1.97. The lowest BCUT2D eigenvalue weighted by atomic mass is 10.1. The van der Waals surface area contributed by atoms with Crippen molar-refractivity contribution in [3.05, 3.63) is 59.2 Å². The summed E-state index contributed by atoms with van der Waals surface area (Å²) in [6, 6.07) is -5.33. The van der Waals surface area contributed by atoms with Gasteiger partial charge in [0.05, 0.1) is 27.4 Å². The van der Waals surface area contributed by atoms with Crippen molar-refractivity contribution in [1.29, 1.82) is 0 Å². The van der Waals surface area contributed by atoms with Crippen molar-refractivity contribution in [2.75, 3.05) is 14.0 Å². The Kier molecular flexibility index (Phi) is 1.33. The largest absolute Gasteiger partial charge is 0.348 e. The molecule has 4 heteroatoms. The van der Waals surface area contributed by atoms with Crippen molar-refractivity contribution in [3.8, 4) is 11.3 Å². The summed E-state index contributed by atoms with van der Waals surface area (Å²) in [5.41, 5.74) is -3.91. The number of hydrogen-bond acceptors (Lipinski definition) is 2. The van der Waals surface area contributed by atoms with Gasteiger partial charge < -0.3 is 9.30 Å². The van der Waals surface area contributed by atoms with Gasteiger partial charge in [0.25, 0.3) is 0 Å². The van der Waals surface area contributed by atoms with Gasteiger partial charge in [0.1, 0.15) is 5.65 Å². The van der Waals surface area contributed by atoms with Crippen molar-refractivity contribution in [1.82, 2.24) is 14.3 Å². The molecule has 3 aromatic rings. The Morgan fingerprint density at radius 1 is 1.22 bits per heavy atom. The summed E-state index contributed by atoms with van der Waals surface area (Å²) in [7, 11) is 0.951. The van der Waals surface area contributed by atoms with Crippen LogP contribution in [0.2, 0.25) is 0 Å². The van der Waals surface area contributed by atoms with E-state index in [0.29, 0.717) is 9.30 Å². The smallest absolute Gasteiger partial charge is 0.228 e. The van der Waals surface area contributed by atoms with Crippen LogP contribution < -0.4 is 0 Å². The molecule has 0 aliphatic carbocycles. The minimum atomic E-state index is -3.06. The maximum atomic E-state index is 12.9. The van der Waals surface area contributed by atoms with E-state index in [0.717, 1.165) is 7.05 Å². The molecule has 0 unspecified atom stereocenters. The molecule has 0 saturated heterocycles. The van der Waals surface area contributed by atoms with E-state index in [-0.39, 0.29) is 0 Å². The maximum absolute atomic E-state index is 12.9. The number of imidazole rings is 1. The minimum Gasteiger partial charge on any atom is -0.348 e.